The fourth-order valence-electron chi connectivity index (χ4n) is 1.40. The van der Waals surface area contributed by atoms with Crippen molar-refractivity contribution >= 4 is 17.7 Å². The van der Waals surface area contributed by atoms with Crippen LogP contribution in [0.4, 0.5) is 0 Å². The van der Waals surface area contributed by atoms with Gasteiger partial charge in [0.05, 0.1) is 6.61 Å². The Hall–Kier alpha value is -0.420. The van der Waals surface area contributed by atoms with Crippen molar-refractivity contribution in [3.8, 4) is 0 Å². The molecule has 0 aromatic heterocycles. The standard InChI is InChI=1S/C14H31N3OS/c1-5-15-14(16-8-6-12-19-4)17-9-11-18-10-7-13(2)3/h13H,5-12H2,1-4H3,(H2,15,16,17). The summed E-state index contributed by atoms with van der Waals surface area (Å²) in [5, 5.41) is 6.54. The minimum absolute atomic E-state index is 0.711. The van der Waals surface area contributed by atoms with Crippen molar-refractivity contribution in [1.82, 2.24) is 10.6 Å². The number of aliphatic imine (C=N–C) groups is 1. The highest BCUT2D eigenvalue weighted by molar-refractivity contribution is 7.98. The summed E-state index contributed by atoms with van der Waals surface area (Å²) in [6.07, 6.45) is 4.38. The van der Waals surface area contributed by atoms with E-state index in [2.05, 4.69) is 42.7 Å². The van der Waals surface area contributed by atoms with Gasteiger partial charge in [0.1, 0.15) is 0 Å². The highest BCUT2D eigenvalue weighted by Crippen LogP contribution is 1.98. The molecule has 2 N–H and O–H groups in total. The number of ether oxygens (including phenoxy) is 1. The van der Waals surface area contributed by atoms with Crippen molar-refractivity contribution in [1.29, 1.82) is 0 Å². The average Bonchev–Trinajstić information content (AvgIpc) is 2.38. The number of nitrogens with one attached hydrogen (secondary N) is 2. The van der Waals surface area contributed by atoms with Gasteiger partial charge < -0.3 is 15.4 Å². The maximum Gasteiger partial charge on any atom is 0.191 e. The second kappa shape index (κ2) is 14.0. The molecule has 0 heterocycles. The van der Waals surface area contributed by atoms with Gasteiger partial charge in [-0.15, -0.1) is 0 Å². The summed E-state index contributed by atoms with van der Waals surface area (Å²) < 4.78 is 5.57. The molecule has 0 spiro atoms. The van der Waals surface area contributed by atoms with E-state index in [4.69, 9.17) is 4.74 Å². The first-order valence-corrected chi connectivity index (χ1v) is 8.69. The second-order valence-electron chi connectivity index (χ2n) is 4.83. The summed E-state index contributed by atoms with van der Waals surface area (Å²) in [5.41, 5.74) is 0. The van der Waals surface area contributed by atoms with E-state index in [0.29, 0.717) is 5.92 Å². The fourth-order valence-corrected chi connectivity index (χ4v) is 1.82. The van der Waals surface area contributed by atoms with Gasteiger partial charge in [0.25, 0.3) is 0 Å². The normalized spacial score (nSPS) is 11.9. The molecule has 0 aromatic carbocycles. The van der Waals surface area contributed by atoms with Crippen LogP contribution in [0.3, 0.4) is 0 Å². The van der Waals surface area contributed by atoms with Crippen LogP contribution in [-0.2, 0) is 4.74 Å². The van der Waals surface area contributed by atoms with Gasteiger partial charge >= 0.3 is 0 Å². The van der Waals surface area contributed by atoms with Gasteiger partial charge in [0, 0.05) is 26.2 Å². The van der Waals surface area contributed by atoms with Crippen LogP contribution >= 0.6 is 11.8 Å². The van der Waals surface area contributed by atoms with Crippen molar-refractivity contribution in [2.45, 2.75) is 33.6 Å². The molecular formula is C14H31N3OS. The first kappa shape index (κ1) is 18.6. The number of thioether (sulfide) groups is 1. The predicted octanol–water partition coefficient (Wildman–Crippen LogP) is 2.36. The van der Waals surface area contributed by atoms with E-state index in [1.165, 1.54) is 5.75 Å². The van der Waals surface area contributed by atoms with Gasteiger partial charge in [0.15, 0.2) is 5.96 Å². The van der Waals surface area contributed by atoms with Crippen LogP contribution in [-0.4, -0.2) is 50.8 Å². The van der Waals surface area contributed by atoms with Crippen LogP contribution in [0.1, 0.15) is 33.6 Å². The molecule has 0 bridgehead atoms. The minimum atomic E-state index is 0.711. The lowest BCUT2D eigenvalue weighted by molar-refractivity contribution is 0.128. The van der Waals surface area contributed by atoms with E-state index in [1.54, 1.807) is 0 Å². The summed E-state index contributed by atoms with van der Waals surface area (Å²) in [7, 11) is 0. The summed E-state index contributed by atoms with van der Waals surface area (Å²) in [4.78, 5) is 4.52. The summed E-state index contributed by atoms with van der Waals surface area (Å²) >= 11 is 1.87. The predicted molar refractivity (Wildman–Crippen MR) is 87.3 cm³/mol. The molecule has 0 aromatic rings. The van der Waals surface area contributed by atoms with E-state index >= 15 is 0 Å². The van der Waals surface area contributed by atoms with Gasteiger partial charge in [-0.3, -0.25) is 4.99 Å². The van der Waals surface area contributed by atoms with Crippen molar-refractivity contribution in [2.75, 3.05) is 44.9 Å². The Morgan fingerprint density at radius 3 is 2.68 bits per heavy atom. The molecule has 0 fully saturated rings. The average molecular weight is 289 g/mol. The highest BCUT2D eigenvalue weighted by atomic mass is 32.2. The zero-order valence-corrected chi connectivity index (χ0v) is 13.8. The fraction of sp³-hybridized carbons (Fsp3) is 0.929. The second-order valence-corrected chi connectivity index (χ2v) is 5.81. The molecule has 5 heteroatoms. The van der Waals surface area contributed by atoms with Gasteiger partial charge in [-0.25, -0.2) is 0 Å². The summed E-state index contributed by atoms with van der Waals surface area (Å²) in [6.45, 7) is 10.7. The topological polar surface area (TPSA) is 45.7 Å². The Balaban J connectivity index is 3.63. The number of nitrogens with zero attached hydrogens (tertiary/aromatic N) is 1. The van der Waals surface area contributed by atoms with Crippen LogP contribution in [0, 0.1) is 5.92 Å². The maximum absolute atomic E-state index is 5.57. The van der Waals surface area contributed by atoms with E-state index in [0.717, 1.165) is 51.6 Å². The van der Waals surface area contributed by atoms with Crippen LogP contribution in [0.15, 0.2) is 4.99 Å². The Labute approximate surface area is 123 Å². The number of hydrogen-bond donors (Lipinski definition) is 2. The molecule has 0 unspecified atom stereocenters. The van der Waals surface area contributed by atoms with Gasteiger partial charge in [-0.2, -0.15) is 11.8 Å². The largest absolute Gasteiger partial charge is 0.380 e. The first-order chi connectivity index (χ1) is 9.20. The quantitative estimate of drug-likeness (QED) is 0.348. The molecule has 0 radical (unpaired) electrons. The summed E-state index contributed by atoms with van der Waals surface area (Å²) in [5.74, 6) is 2.78. The zero-order chi connectivity index (χ0) is 14.3. The van der Waals surface area contributed by atoms with E-state index < -0.39 is 0 Å². The Kier molecular flexibility index (Phi) is 13.7. The van der Waals surface area contributed by atoms with Crippen molar-refractivity contribution < 1.29 is 4.74 Å². The molecule has 0 saturated heterocycles. The van der Waals surface area contributed by atoms with Crippen LogP contribution in [0.25, 0.3) is 0 Å². The molecule has 114 valence electrons. The monoisotopic (exact) mass is 289 g/mol. The highest BCUT2D eigenvalue weighted by Gasteiger charge is 1.97. The summed E-state index contributed by atoms with van der Waals surface area (Å²) in [6, 6.07) is 0. The molecule has 0 aliphatic carbocycles. The van der Waals surface area contributed by atoms with E-state index in [1.807, 2.05) is 11.8 Å². The van der Waals surface area contributed by atoms with Crippen molar-refractivity contribution in [3.63, 3.8) is 0 Å². The maximum atomic E-state index is 5.57. The Morgan fingerprint density at radius 1 is 1.26 bits per heavy atom. The Morgan fingerprint density at radius 2 is 2.05 bits per heavy atom. The van der Waals surface area contributed by atoms with Crippen LogP contribution in [0.5, 0.6) is 0 Å². The SMILES string of the molecule is CCNC(=NCCCSC)NCCOCCC(C)C. The zero-order valence-electron chi connectivity index (χ0n) is 13.0. The lowest BCUT2D eigenvalue weighted by atomic mass is 10.1. The van der Waals surface area contributed by atoms with Gasteiger partial charge in [0.2, 0.25) is 0 Å². The molecule has 19 heavy (non-hydrogen) atoms. The third kappa shape index (κ3) is 13.8. The third-order valence-electron chi connectivity index (χ3n) is 2.50. The molecule has 0 amide bonds. The molecule has 0 rings (SSSR count). The Bertz CT molecular complexity index is 223. The molecule has 0 aliphatic rings. The van der Waals surface area contributed by atoms with E-state index in [-0.39, 0.29) is 0 Å². The van der Waals surface area contributed by atoms with Gasteiger partial charge in [-0.05, 0) is 37.7 Å². The molecule has 4 nitrogen and oxygen atoms in total. The van der Waals surface area contributed by atoms with Crippen molar-refractivity contribution in [2.24, 2.45) is 10.9 Å². The molecular weight excluding hydrogens is 258 g/mol. The van der Waals surface area contributed by atoms with Gasteiger partial charge in [-0.1, -0.05) is 13.8 Å². The lowest BCUT2D eigenvalue weighted by Crippen LogP contribution is -2.39. The van der Waals surface area contributed by atoms with Crippen LogP contribution in [0.2, 0.25) is 0 Å². The molecule has 0 aliphatic heterocycles. The number of guanidine groups is 1. The lowest BCUT2D eigenvalue weighted by Gasteiger charge is -2.12. The smallest absolute Gasteiger partial charge is 0.191 e. The third-order valence-corrected chi connectivity index (χ3v) is 3.20. The van der Waals surface area contributed by atoms with E-state index in [9.17, 15) is 0 Å². The van der Waals surface area contributed by atoms with Crippen LogP contribution < -0.4 is 10.6 Å². The molecule has 0 saturated carbocycles. The first-order valence-electron chi connectivity index (χ1n) is 7.29. The number of hydrogen-bond acceptors (Lipinski definition) is 3. The number of rotatable bonds is 11. The minimum Gasteiger partial charge on any atom is -0.380 e. The van der Waals surface area contributed by atoms with Crippen molar-refractivity contribution in [3.05, 3.63) is 0 Å². The molecule has 0 atom stereocenters.